The van der Waals surface area contributed by atoms with E-state index in [1.54, 1.807) is 24.5 Å². The highest BCUT2D eigenvalue weighted by Crippen LogP contribution is 2.33. The van der Waals surface area contributed by atoms with Crippen LogP contribution in [-0.4, -0.2) is 29.3 Å². The van der Waals surface area contributed by atoms with E-state index < -0.39 is 0 Å². The fourth-order valence-corrected chi connectivity index (χ4v) is 4.30. The lowest BCUT2D eigenvalue weighted by Crippen LogP contribution is -2.00. The molecule has 0 saturated carbocycles. The Morgan fingerprint density at radius 3 is 2.63 bits per heavy atom. The van der Waals surface area contributed by atoms with E-state index in [2.05, 4.69) is 24.8 Å². The normalized spacial score (nSPS) is 11.1. The van der Waals surface area contributed by atoms with Gasteiger partial charge in [0.1, 0.15) is 10.0 Å². The molecule has 0 aliphatic heterocycles. The third-order valence-electron chi connectivity index (χ3n) is 3.56. The number of hydrogen-bond donors (Lipinski definition) is 0. The Labute approximate surface area is 177 Å². The zero-order chi connectivity index (χ0) is 18.8. The van der Waals surface area contributed by atoms with Crippen molar-refractivity contribution in [2.24, 2.45) is 0 Å². The van der Waals surface area contributed by atoms with Crippen LogP contribution >= 0.6 is 58.1 Å². The van der Waals surface area contributed by atoms with E-state index in [9.17, 15) is 0 Å². The molecule has 3 aromatic heterocycles. The molecule has 4 aromatic rings. The zero-order valence-corrected chi connectivity index (χ0v) is 17.3. The molecule has 136 valence electrons. The highest BCUT2D eigenvalue weighted by atomic mass is 35.5. The van der Waals surface area contributed by atoms with Crippen LogP contribution in [0.2, 0.25) is 14.4 Å². The number of hydrogen-bond acceptors (Lipinski definition) is 7. The Bertz CT molecular complexity index is 1080. The second kappa shape index (κ2) is 8.12. The molecule has 0 N–H and O–H groups in total. The Hall–Kier alpha value is -1.71. The van der Waals surface area contributed by atoms with Crippen molar-refractivity contribution in [1.29, 1.82) is 0 Å². The fourth-order valence-electron chi connectivity index (χ4n) is 2.32. The van der Waals surface area contributed by atoms with E-state index in [1.807, 2.05) is 22.8 Å². The fraction of sp³-hybridized carbons (Fsp3) is 0.0625. The monoisotopic (exact) mass is 454 g/mol. The minimum atomic E-state index is 0.447. The van der Waals surface area contributed by atoms with Crippen LogP contribution in [0, 0.1) is 0 Å². The van der Waals surface area contributed by atoms with Gasteiger partial charge in [-0.25, -0.2) is 0 Å². The minimum absolute atomic E-state index is 0.447. The Morgan fingerprint density at radius 1 is 1.04 bits per heavy atom. The van der Waals surface area contributed by atoms with Crippen molar-refractivity contribution in [2.75, 3.05) is 0 Å². The second-order valence-electron chi connectivity index (χ2n) is 5.26. The molecule has 0 fully saturated rings. The van der Waals surface area contributed by atoms with Crippen molar-refractivity contribution in [3.8, 4) is 17.1 Å². The zero-order valence-electron chi connectivity index (χ0n) is 13.4. The first-order chi connectivity index (χ1) is 13.1. The molecule has 0 radical (unpaired) electrons. The summed E-state index contributed by atoms with van der Waals surface area (Å²) in [5.74, 6) is 1.16. The summed E-state index contributed by atoms with van der Waals surface area (Å²) in [5, 5.41) is 14.3. The van der Waals surface area contributed by atoms with Gasteiger partial charge < -0.3 is 0 Å². The maximum Gasteiger partial charge on any atom is 0.196 e. The first-order valence-electron chi connectivity index (χ1n) is 7.54. The maximum atomic E-state index is 6.22. The number of halogens is 3. The molecule has 0 spiro atoms. The summed E-state index contributed by atoms with van der Waals surface area (Å²) in [6.07, 6.45) is 3.43. The Kier molecular flexibility index (Phi) is 5.60. The molecule has 6 nitrogen and oxygen atoms in total. The van der Waals surface area contributed by atoms with Gasteiger partial charge in [0.2, 0.25) is 0 Å². The molecule has 0 saturated heterocycles. The molecule has 4 rings (SSSR count). The quantitative estimate of drug-likeness (QED) is 0.374. The van der Waals surface area contributed by atoms with Crippen LogP contribution in [0.4, 0.5) is 0 Å². The summed E-state index contributed by atoms with van der Waals surface area (Å²) in [7, 11) is 0. The summed E-state index contributed by atoms with van der Waals surface area (Å²) in [6.45, 7) is 0. The number of nitrogens with zero attached hydrogens (tertiary/aromatic N) is 6. The number of aromatic nitrogens is 6. The predicted octanol–water partition coefficient (Wildman–Crippen LogP) is 5.43. The third-order valence-corrected chi connectivity index (χ3v) is 6.23. The lowest BCUT2D eigenvalue weighted by Gasteiger charge is -2.11. The van der Waals surface area contributed by atoms with E-state index in [4.69, 9.17) is 34.8 Å². The van der Waals surface area contributed by atoms with E-state index >= 15 is 0 Å². The first-order valence-corrected chi connectivity index (χ1v) is 10.4. The molecule has 27 heavy (non-hydrogen) atoms. The van der Waals surface area contributed by atoms with Crippen LogP contribution in [0.5, 0.6) is 0 Å². The topological polar surface area (TPSA) is 69.4 Å². The van der Waals surface area contributed by atoms with Gasteiger partial charge in [0.15, 0.2) is 11.0 Å². The number of benzene rings is 1. The van der Waals surface area contributed by atoms with Crippen molar-refractivity contribution in [1.82, 2.24) is 29.3 Å². The van der Waals surface area contributed by atoms with E-state index in [1.165, 1.54) is 11.8 Å². The van der Waals surface area contributed by atoms with Crippen molar-refractivity contribution >= 4 is 58.1 Å². The molecular weight excluding hydrogens is 447 g/mol. The van der Waals surface area contributed by atoms with Gasteiger partial charge in [0, 0.05) is 35.2 Å². The van der Waals surface area contributed by atoms with E-state index in [-0.39, 0.29) is 0 Å². The summed E-state index contributed by atoms with van der Waals surface area (Å²) >= 11 is 21.0. The standard InChI is InChI=1S/C16H9Cl3N6S2/c17-11-4-3-10(6-12(11)18)25-15(9-2-1-5-20-7-9)22-23-16(25)26-8-13-14(19)27-24-21-13/h1-7H,8H2. The van der Waals surface area contributed by atoms with Crippen LogP contribution < -0.4 is 0 Å². The van der Waals surface area contributed by atoms with Gasteiger partial charge in [-0.1, -0.05) is 51.1 Å². The average Bonchev–Trinajstić information content (AvgIpc) is 3.29. The Morgan fingerprint density at radius 2 is 1.93 bits per heavy atom. The molecule has 0 unspecified atom stereocenters. The minimum Gasteiger partial charge on any atom is -0.270 e. The highest BCUT2D eigenvalue weighted by Gasteiger charge is 2.18. The molecule has 11 heteroatoms. The maximum absolute atomic E-state index is 6.22. The number of rotatable bonds is 5. The van der Waals surface area contributed by atoms with Gasteiger partial charge in [0.05, 0.1) is 15.7 Å². The molecule has 1 aromatic carbocycles. The number of thioether (sulfide) groups is 1. The van der Waals surface area contributed by atoms with Gasteiger partial charge in [-0.05, 0) is 30.3 Å². The molecule has 0 aliphatic rings. The molecule has 3 heterocycles. The van der Waals surface area contributed by atoms with Crippen molar-refractivity contribution < 1.29 is 0 Å². The summed E-state index contributed by atoms with van der Waals surface area (Å²) < 4.78 is 6.32. The van der Waals surface area contributed by atoms with E-state index in [0.29, 0.717) is 36.8 Å². The van der Waals surface area contributed by atoms with Crippen LogP contribution in [0.15, 0.2) is 47.9 Å². The average molecular weight is 456 g/mol. The third kappa shape index (κ3) is 3.95. The largest absolute Gasteiger partial charge is 0.270 e. The van der Waals surface area contributed by atoms with Crippen LogP contribution in [-0.2, 0) is 5.75 Å². The van der Waals surface area contributed by atoms with Gasteiger partial charge in [-0.15, -0.1) is 15.3 Å². The van der Waals surface area contributed by atoms with Crippen molar-refractivity contribution in [3.63, 3.8) is 0 Å². The summed E-state index contributed by atoms with van der Waals surface area (Å²) in [4.78, 5) is 4.17. The van der Waals surface area contributed by atoms with Gasteiger partial charge in [-0.3, -0.25) is 9.55 Å². The summed E-state index contributed by atoms with van der Waals surface area (Å²) in [5.41, 5.74) is 2.33. The lowest BCUT2D eigenvalue weighted by molar-refractivity contribution is 0.884. The molecule has 0 bridgehead atoms. The Balaban J connectivity index is 1.78. The smallest absolute Gasteiger partial charge is 0.196 e. The van der Waals surface area contributed by atoms with Gasteiger partial charge in [-0.2, -0.15) is 0 Å². The lowest BCUT2D eigenvalue weighted by atomic mass is 10.2. The predicted molar refractivity (Wildman–Crippen MR) is 109 cm³/mol. The SMILES string of the molecule is Clc1ccc(-n2c(SCc3nnsc3Cl)nnc2-c2cccnc2)cc1Cl. The van der Waals surface area contributed by atoms with Gasteiger partial charge >= 0.3 is 0 Å². The second-order valence-corrected chi connectivity index (χ2v) is 8.38. The molecule has 0 amide bonds. The molecule has 0 atom stereocenters. The van der Waals surface area contributed by atoms with Crippen LogP contribution in [0.25, 0.3) is 17.1 Å². The molecule has 0 aliphatic carbocycles. The van der Waals surface area contributed by atoms with Crippen molar-refractivity contribution in [2.45, 2.75) is 10.9 Å². The van der Waals surface area contributed by atoms with Gasteiger partial charge in [0.25, 0.3) is 0 Å². The van der Waals surface area contributed by atoms with Crippen LogP contribution in [0.3, 0.4) is 0 Å². The first kappa shape index (κ1) is 18.6. The summed E-state index contributed by atoms with van der Waals surface area (Å²) in [6, 6.07) is 9.13. The van der Waals surface area contributed by atoms with E-state index in [0.717, 1.165) is 22.8 Å². The molecular formula is C16H9Cl3N6S2. The highest BCUT2D eigenvalue weighted by molar-refractivity contribution is 7.98. The van der Waals surface area contributed by atoms with Crippen molar-refractivity contribution in [3.05, 3.63) is 62.8 Å². The van der Waals surface area contributed by atoms with Crippen LogP contribution in [0.1, 0.15) is 5.69 Å². The number of pyridine rings is 1.